The molecule has 1 rings (SSSR count). The fourth-order valence-corrected chi connectivity index (χ4v) is 1.32. The van der Waals surface area contributed by atoms with Crippen LogP contribution in [0.25, 0.3) is 0 Å². The van der Waals surface area contributed by atoms with Crippen LogP contribution < -0.4 is 11.2 Å². The van der Waals surface area contributed by atoms with Crippen LogP contribution in [0.15, 0.2) is 5.38 Å². The molecule has 72 valence electrons. The number of anilines is 1. The van der Waals surface area contributed by atoms with E-state index in [9.17, 15) is 4.79 Å². The highest BCUT2D eigenvalue weighted by Crippen LogP contribution is 2.10. The number of hydroxylamine groups is 1. The van der Waals surface area contributed by atoms with E-state index >= 15 is 0 Å². The van der Waals surface area contributed by atoms with Crippen molar-refractivity contribution >= 4 is 22.4 Å². The molecule has 0 fully saturated rings. The van der Waals surface area contributed by atoms with Gasteiger partial charge in [-0.15, -0.1) is 11.3 Å². The smallest absolute Gasteiger partial charge is 0.249 e. The Bertz CT molecular complexity index is 287. The standard InChI is InChI=1S/C7H11N3O2S/c1-2-12-10-6(11)3-5-4-13-7(8)9-5/h4H,2-3H2,1H3,(H2,8,9)(H,10,11). The number of hydrogen-bond acceptors (Lipinski definition) is 5. The third-order valence-corrected chi connectivity index (χ3v) is 1.96. The Morgan fingerprint density at radius 1 is 1.85 bits per heavy atom. The van der Waals surface area contributed by atoms with Crippen molar-refractivity contribution < 1.29 is 9.63 Å². The number of thiazole rings is 1. The molecule has 0 saturated carbocycles. The van der Waals surface area contributed by atoms with E-state index in [1.807, 2.05) is 0 Å². The summed E-state index contributed by atoms with van der Waals surface area (Å²) >= 11 is 1.32. The third kappa shape index (κ3) is 3.39. The van der Waals surface area contributed by atoms with Crippen LogP contribution in [0.3, 0.4) is 0 Å². The van der Waals surface area contributed by atoms with Gasteiger partial charge in [-0.3, -0.25) is 9.63 Å². The number of nitrogens with zero attached hydrogens (tertiary/aromatic N) is 1. The van der Waals surface area contributed by atoms with E-state index in [0.717, 1.165) is 0 Å². The number of nitrogens with one attached hydrogen (secondary N) is 1. The first-order valence-corrected chi connectivity index (χ1v) is 4.71. The molecular formula is C7H11N3O2S. The van der Waals surface area contributed by atoms with Crippen LogP contribution in [0.4, 0.5) is 5.13 Å². The van der Waals surface area contributed by atoms with Gasteiger partial charge in [-0.2, -0.15) is 0 Å². The summed E-state index contributed by atoms with van der Waals surface area (Å²) in [6.45, 7) is 2.24. The molecule has 1 aromatic heterocycles. The Balaban J connectivity index is 2.36. The number of amides is 1. The summed E-state index contributed by atoms with van der Waals surface area (Å²) < 4.78 is 0. The summed E-state index contributed by atoms with van der Waals surface area (Å²) in [5.41, 5.74) is 8.34. The average molecular weight is 201 g/mol. The van der Waals surface area contributed by atoms with Crippen molar-refractivity contribution in [3.05, 3.63) is 11.1 Å². The van der Waals surface area contributed by atoms with E-state index in [4.69, 9.17) is 10.6 Å². The van der Waals surface area contributed by atoms with Crippen LogP contribution in [-0.2, 0) is 16.1 Å². The molecule has 0 aliphatic heterocycles. The molecule has 1 amide bonds. The molecule has 13 heavy (non-hydrogen) atoms. The lowest BCUT2D eigenvalue weighted by molar-refractivity contribution is -0.132. The van der Waals surface area contributed by atoms with Gasteiger partial charge in [-0.05, 0) is 6.92 Å². The number of hydrogen-bond donors (Lipinski definition) is 2. The summed E-state index contributed by atoms with van der Waals surface area (Å²) in [6.07, 6.45) is 0.202. The van der Waals surface area contributed by atoms with E-state index < -0.39 is 0 Å². The fraction of sp³-hybridized carbons (Fsp3) is 0.429. The quantitative estimate of drug-likeness (QED) is 0.688. The SMILES string of the molecule is CCONC(=O)Cc1csc(N)n1. The van der Waals surface area contributed by atoms with Gasteiger partial charge in [0.15, 0.2) is 5.13 Å². The average Bonchev–Trinajstić information content (AvgIpc) is 2.48. The van der Waals surface area contributed by atoms with Gasteiger partial charge < -0.3 is 5.73 Å². The van der Waals surface area contributed by atoms with E-state index in [1.54, 1.807) is 12.3 Å². The van der Waals surface area contributed by atoms with Gasteiger partial charge in [0.25, 0.3) is 0 Å². The largest absolute Gasteiger partial charge is 0.375 e. The minimum absolute atomic E-state index is 0.202. The summed E-state index contributed by atoms with van der Waals surface area (Å²) in [7, 11) is 0. The van der Waals surface area contributed by atoms with Crippen molar-refractivity contribution in [3.63, 3.8) is 0 Å². The maximum atomic E-state index is 11.1. The van der Waals surface area contributed by atoms with Crippen molar-refractivity contribution in [1.82, 2.24) is 10.5 Å². The van der Waals surface area contributed by atoms with E-state index in [1.165, 1.54) is 11.3 Å². The Morgan fingerprint density at radius 2 is 2.62 bits per heavy atom. The first-order valence-electron chi connectivity index (χ1n) is 3.83. The molecule has 0 unspecified atom stereocenters. The predicted molar refractivity (Wildman–Crippen MR) is 50.0 cm³/mol. The molecule has 0 spiro atoms. The highest BCUT2D eigenvalue weighted by atomic mass is 32.1. The zero-order valence-electron chi connectivity index (χ0n) is 7.24. The molecule has 0 atom stereocenters. The molecular weight excluding hydrogens is 190 g/mol. The molecule has 0 aliphatic carbocycles. The number of nitrogen functional groups attached to an aromatic ring is 1. The van der Waals surface area contributed by atoms with Crippen LogP contribution in [0.2, 0.25) is 0 Å². The van der Waals surface area contributed by atoms with Gasteiger partial charge >= 0.3 is 0 Å². The number of carbonyl (C=O) groups excluding carboxylic acids is 1. The first kappa shape index (κ1) is 9.94. The second kappa shape index (κ2) is 4.78. The lowest BCUT2D eigenvalue weighted by atomic mass is 10.3. The summed E-state index contributed by atoms with van der Waals surface area (Å²) in [5.74, 6) is -0.216. The van der Waals surface area contributed by atoms with Gasteiger partial charge in [0, 0.05) is 5.38 Å². The molecule has 0 radical (unpaired) electrons. The second-order valence-electron chi connectivity index (χ2n) is 2.31. The molecule has 6 heteroatoms. The Hall–Kier alpha value is -1.14. The van der Waals surface area contributed by atoms with E-state index in [-0.39, 0.29) is 12.3 Å². The van der Waals surface area contributed by atoms with Crippen LogP contribution in [0.5, 0.6) is 0 Å². The van der Waals surface area contributed by atoms with Crippen molar-refractivity contribution in [2.45, 2.75) is 13.3 Å². The molecule has 1 aromatic rings. The lowest BCUT2D eigenvalue weighted by Gasteiger charge is -2.00. The molecule has 1 heterocycles. The maximum Gasteiger partial charge on any atom is 0.249 e. The van der Waals surface area contributed by atoms with Crippen LogP contribution in [-0.4, -0.2) is 17.5 Å². The van der Waals surface area contributed by atoms with Gasteiger partial charge in [0.05, 0.1) is 18.7 Å². The zero-order valence-corrected chi connectivity index (χ0v) is 8.06. The Labute approximate surface area is 79.9 Å². The van der Waals surface area contributed by atoms with Crippen LogP contribution in [0, 0.1) is 0 Å². The number of aromatic nitrogens is 1. The van der Waals surface area contributed by atoms with Crippen molar-refractivity contribution in [3.8, 4) is 0 Å². The highest BCUT2D eigenvalue weighted by molar-refractivity contribution is 7.13. The van der Waals surface area contributed by atoms with Crippen LogP contribution >= 0.6 is 11.3 Å². The van der Waals surface area contributed by atoms with E-state index in [0.29, 0.717) is 17.4 Å². The summed E-state index contributed by atoms with van der Waals surface area (Å²) in [6, 6.07) is 0. The Morgan fingerprint density at radius 3 is 3.15 bits per heavy atom. The second-order valence-corrected chi connectivity index (χ2v) is 3.20. The monoisotopic (exact) mass is 201 g/mol. The lowest BCUT2D eigenvalue weighted by Crippen LogP contribution is -2.25. The number of rotatable bonds is 4. The molecule has 5 nitrogen and oxygen atoms in total. The van der Waals surface area contributed by atoms with Gasteiger partial charge in [-0.1, -0.05) is 0 Å². The zero-order chi connectivity index (χ0) is 9.68. The van der Waals surface area contributed by atoms with Crippen LogP contribution in [0.1, 0.15) is 12.6 Å². The summed E-state index contributed by atoms with van der Waals surface area (Å²) in [4.78, 5) is 19.7. The van der Waals surface area contributed by atoms with Crippen molar-refractivity contribution in [2.24, 2.45) is 0 Å². The third-order valence-electron chi connectivity index (χ3n) is 1.24. The topological polar surface area (TPSA) is 77.2 Å². The first-order chi connectivity index (χ1) is 6.22. The molecule has 0 aromatic carbocycles. The normalized spacial score (nSPS) is 9.92. The minimum atomic E-state index is -0.216. The van der Waals surface area contributed by atoms with Gasteiger partial charge in [0.1, 0.15) is 0 Å². The molecule has 0 aliphatic rings. The van der Waals surface area contributed by atoms with E-state index in [2.05, 4.69) is 10.5 Å². The minimum Gasteiger partial charge on any atom is -0.375 e. The van der Waals surface area contributed by atoms with Gasteiger partial charge in [0.2, 0.25) is 5.91 Å². The van der Waals surface area contributed by atoms with Crippen molar-refractivity contribution in [2.75, 3.05) is 12.3 Å². The maximum absolute atomic E-state index is 11.1. The highest BCUT2D eigenvalue weighted by Gasteiger charge is 2.05. The van der Waals surface area contributed by atoms with Crippen molar-refractivity contribution in [1.29, 1.82) is 0 Å². The fourth-order valence-electron chi connectivity index (χ4n) is 0.757. The van der Waals surface area contributed by atoms with Gasteiger partial charge in [-0.25, -0.2) is 10.5 Å². The molecule has 3 N–H and O–H groups in total. The summed E-state index contributed by atoms with van der Waals surface area (Å²) in [5, 5.41) is 2.22. The predicted octanol–water partition coefficient (Wildman–Crippen LogP) is 0.336. The molecule has 0 bridgehead atoms. The Kier molecular flexibility index (Phi) is 3.66. The number of carbonyl (C=O) groups is 1. The molecule has 0 saturated heterocycles. The number of nitrogens with two attached hydrogens (primary N) is 1.